The Morgan fingerprint density at radius 1 is 0.964 bits per heavy atom. The minimum absolute atomic E-state index is 0.650. The van der Waals surface area contributed by atoms with Gasteiger partial charge in [-0.05, 0) is 30.3 Å². The third-order valence-corrected chi connectivity index (χ3v) is 5.88. The number of hydrogen-bond donors (Lipinski definition) is 0. The van der Waals surface area contributed by atoms with Gasteiger partial charge in [0.25, 0.3) is 0 Å². The van der Waals surface area contributed by atoms with Crippen molar-refractivity contribution in [2.75, 3.05) is 31.1 Å². The number of nitrogens with zero attached hydrogens (tertiary/aromatic N) is 3. The summed E-state index contributed by atoms with van der Waals surface area (Å²) in [6, 6.07) is 13.9. The van der Waals surface area contributed by atoms with Gasteiger partial charge in [-0.2, -0.15) is 0 Å². The van der Waals surface area contributed by atoms with E-state index in [1.165, 1.54) is 5.69 Å². The summed E-state index contributed by atoms with van der Waals surface area (Å²) < 4.78 is 0. The van der Waals surface area contributed by atoms with E-state index in [9.17, 15) is 0 Å². The van der Waals surface area contributed by atoms with E-state index in [0.717, 1.165) is 53.9 Å². The molecule has 142 valence electrons. The Kier molecular flexibility index (Phi) is 5.29. The van der Waals surface area contributed by atoms with Crippen LogP contribution in [0.2, 0.25) is 10.0 Å². The number of anilines is 1. The number of hydrogen-bond acceptors (Lipinski definition) is 3. The molecule has 5 heteroatoms. The van der Waals surface area contributed by atoms with E-state index in [4.69, 9.17) is 23.2 Å². The maximum absolute atomic E-state index is 6.58. The average molecular weight is 410 g/mol. The fourth-order valence-electron chi connectivity index (χ4n) is 3.68. The lowest BCUT2D eigenvalue weighted by Crippen LogP contribution is -2.45. The molecule has 2 aromatic carbocycles. The van der Waals surface area contributed by atoms with E-state index < -0.39 is 0 Å². The SMILES string of the molecule is C=CC(=C)N1CCN(c2ccnc3cc(Cl)c(-c4ccccc4Cl)cc23)CC1. The van der Waals surface area contributed by atoms with E-state index in [1.807, 2.05) is 42.6 Å². The molecular formula is C23H21Cl2N3. The molecule has 0 aliphatic carbocycles. The summed E-state index contributed by atoms with van der Waals surface area (Å²) in [5.74, 6) is 0. The zero-order valence-electron chi connectivity index (χ0n) is 15.5. The van der Waals surface area contributed by atoms with Crippen LogP contribution in [0.1, 0.15) is 0 Å². The number of pyridine rings is 1. The summed E-state index contributed by atoms with van der Waals surface area (Å²) in [6.07, 6.45) is 3.66. The Labute approximate surface area is 175 Å². The second-order valence-corrected chi connectivity index (χ2v) is 7.64. The van der Waals surface area contributed by atoms with Gasteiger partial charge in [0.1, 0.15) is 0 Å². The highest BCUT2D eigenvalue weighted by atomic mass is 35.5. The summed E-state index contributed by atoms with van der Waals surface area (Å²) in [5, 5.41) is 2.42. The number of piperazine rings is 1. The highest BCUT2D eigenvalue weighted by Gasteiger charge is 2.20. The molecule has 28 heavy (non-hydrogen) atoms. The molecule has 0 spiro atoms. The lowest BCUT2D eigenvalue weighted by atomic mass is 10.0. The summed E-state index contributed by atoms with van der Waals surface area (Å²) in [5.41, 5.74) is 4.88. The zero-order chi connectivity index (χ0) is 19.7. The summed E-state index contributed by atoms with van der Waals surface area (Å²) in [6.45, 7) is 11.5. The van der Waals surface area contributed by atoms with Crippen LogP contribution in [0.15, 0.2) is 73.6 Å². The van der Waals surface area contributed by atoms with Gasteiger partial charge in [0.05, 0.1) is 10.5 Å². The van der Waals surface area contributed by atoms with E-state index in [2.05, 4.69) is 40.1 Å². The quantitative estimate of drug-likeness (QED) is 0.490. The summed E-state index contributed by atoms with van der Waals surface area (Å²) in [4.78, 5) is 9.18. The van der Waals surface area contributed by atoms with Gasteiger partial charge in [-0.25, -0.2) is 0 Å². The molecule has 0 saturated carbocycles. The van der Waals surface area contributed by atoms with Gasteiger partial charge >= 0.3 is 0 Å². The van der Waals surface area contributed by atoms with Crippen molar-refractivity contribution in [2.24, 2.45) is 0 Å². The predicted molar refractivity (Wildman–Crippen MR) is 120 cm³/mol. The normalized spacial score (nSPS) is 14.4. The first-order chi connectivity index (χ1) is 13.6. The van der Waals surface area contributed by atoms with E-state index in [0.29, 0.717) is 10.0 Å². The number of rotatable bonds is 4. The molecule has 0 N–H and O–H groups in total. The lowest BCUT2D eigenvalue weighted by molar-refractivity contribution is 0.332. The largest absolute Gasteiger partial charge is 0.368 e. The second kappa shape index (κ2) is 7.86. The predicted octanol–water partition coefficient (Wildman–Crippen LogP) is 6.03. The minimum Gasteiger partial charge on any atom is -0.368 e. The van der Waals surface area contributed by atoms with Crippen LogP contribution < -0.4 is 4.90 Å². The number of aromatic nitrogens is 1. The second-order valence-electron chi connectivity index (χ2n) is 6.83. The van der Waals surface area contributed by atoms with Gasteiger partial charge < -0.3 is 9.80 Å². The van der Waals surface area contributed by atoms with Crippen molar-refractivity contribution in [3.8, 4) is 11.1 Å². The summed E-state index contributed by atoms with van der Waals surface area (Å²) in [7, 11) is 0. The Balaban J connectivity index is 1.74. The molecule has 3 aromatic rings. The molecule has 2 heterocycles. The molecule has 0 atom stereocenters. The van der Waals surface area contributed by atoms with Gasteiger partial charge in [-0.3, -0.25) is 4.98 Å². The smallest absolute Gasteiger partial charge is 0.0738 e. The molecule has 0 unspecified atom stereocenters. The first-order valence-corrected chi connectivity index (χ1v) is 9.98. The maximum Gasteiger partial charge on any atom is 0.0738 e. The minimum atomic E-state index is 0.650. The van der Waals surface area contributed by atoms with Gasteiger partial charge in [0, 0.05) is 65.3 Å². The van der Waals surface area contributed by atoms with Crippen molar-refractivity contribution < 1.29 is 0 Å². The van der Waals surface area contributed by atoms with Crippen LogP contribution in [0.3, 0.4) is 0 Å². The molecule has 1 aromatic heterocycles. The third-order valence-electron chi connectivity index (χ3n) is 5.23. The standard InChI is InChI=1S/C23H21Cl2N3/c1-3-16(2)27-10-12-28(13-11-27)23-8-9-26-22-15-21(25)18(14-19(22)23)17-6-4-5-7-20(17)24/h3-9,14-15H,1-2,10-13H2. The van der Waals surface area contributed by atoms with Crippen molar-refractivity contribution in [3.05, 3.63) is 83.6 Å². The fourth-order valence-corrected chi connectivity index (χ4v) is 4.18. The van der Waals surface area contributed by atoms with Crippen LogP contribution in [0.4, 0.5) is 5.69 Å². The molecule has 1 aliphatic rings. The van der Waals surface area contributed by atoms with E-state index in [-0.39, 0.29) is 0 Å². The van der Waals surface area contributed by atoms with Crippen LogP contribution in [0.5, 0.6) is 0 Å². The first kappa shape index (κ1) is 18.9. The molecule has 0 radical (unpaired) electrons. The van der Waals surface area contributed by atoms with Crippen molar-refractivity contribution in [1.82, 2.24) is 9.88 Å². The molecule has 0 amide bonds. The van der Waals surface area contributed by atoms with E-state index in [1.54, 1.807) is 0 Å². The number of fused-ring (bicyclic) bond motifs is 1. The molecule has 0 bridgehead atoms. The average Bonchev–Trinajstić information content (AvgIpc) is 2.73. The van der Waals surface area contributed by atoms with Crippen molar-refractivity contribution in [1.29, 1.82) is 0 Å². The van der Waals surface area contributed by atoms with Crippen LogP contribution in [0.25, 0.3) is 22.0 Å². The van der Waals surface area contributed by atoms with Crippen LogP contribution in [0, 0.1) is 0 Å². The number of halogens is 2. The van der Waals surface area contributed by atoms with Crippen LogP contribution in [-0.4, -0.2) is 36.1 Å². The topological polar surface area (TPSA) is 19.4 Å². The third kappa shape index (κ3) is 3.48. The maximum atomic E-state index is 6.58. The Morgan fingerprint density at radius 2 is 1.71 bits per heavy atom. The number of benzene rings is 2. The Morgan fingerprint density at radius 3 is 2.43 bits per heavy atom. The first-order valence-electron chi connectivity index (χ1n) is 9.23. The van der Waals surface area contributed by atoms with Crippen molar-refractivity contribution >= 4 is 39.8 Å². The van der Waals surface area contributed by atoms with E-state index >= 15 is 0 Å². The van der Waals surface area contributed by atoms with Gasteiger partial charge in [-0.1, -0.05) is 54.6 Å². The highest BCUT2D eigenvalue weighted by Crippen LogP contribution is 2.38. The Bertz CT molecular complexity index is 1050. The van der Waals surface area contributed by atoms with Crippen LogP contribution >= 0.6 is 23.2 Å². The Hall–Kier alpha value is -2.49. The lowest BCUT2D eigenvalue weighted by Gasteiger charge is -2.38. The van der Waals surface area contributed by atoms with Crippen molar-refractivity contribution in [3.63, 3.8) is 0 Å². The van der Waals surface area contributed by atoms with Gasteiger partial charge in [0.15, 0.2) is 0 Å². The number of allylic oxidation sites excluding steroid dienone is 1. The van der Waals surface area contributed by atoms with Crippen molar-refractivity contribution in [2.45, 2.75) is 0 Å². The fraction of sp³-hybridized carbons (Fsp3) is 0.174. The van der Waals surface area contributed by atoms with Crippen LogP contribution in [-0.2, 0) is 0 Å². The summed E-state index contributed by atoms with van der Waals surface area (Å²) >= 11 is 13.0. The molecule has 1 saturated heterocycles. The van der Waals surface area contributed by atoms with Gasteiger partial charge in [-0.15, -0.1) is 0 Å². The highest BCUT2D eigenvalue weighted by molar-refractivity contribution is 6.37. The molecule has 3 nitrogen and oxygen atoms in total. The molecule has 1 fully saturated rings. The van der Waals surface area contributed by atoms with Gasteiger partial charge in [0.2, 0.25) is 0 Å². The molecular weight excluding hydrogens is 389 g/mol. The monoisotopic (exact) mass is 409 g/mol. The molecule has 4 rings (SSSR count). The molecule has 1 aliphatic heterocycles. The zero-order valence-corrected chi connectivity index (χ0v) is 17.0.